The Bertz CT molecular complexity index is 3220. The molecule has 5 N–H and O–H groups in total. The second-order valence-corrected chi connectivity index (χ2v) is 16.2. The minimum Gasteiger partial charge on any atom is -0.390 e. The van der Waals surface area contributed by atoms with E-state index in [4.69, 9.17) is 20.1 Å². The zero-order chi connectivity index (χ0) is 45.7. The van der Waals surface area contributed by atoms with E-state index in [1.165, 1.54) is 17.1 Å². The van der Waals surface area contributed by atoms with Gasteiger partial charge in [-0.15, -0.1) is 4.41 Å². The van der Waals surface area contributed by atoms with Crippen molar-refractivity contribution in [3.05, 3.63) is 199 Å². The first kappa shape index (κ1) is 42.9. The second-order valence-electron chi connectivity index (χ2n) is 15.1. The molecule has 17 heteroatoms. The summed E-state index contributed by atoms with van der Waals surface area (Å²) in [5.41, 5.74) is 15.9. The summed E-state index contributed by atoms with van der Waals surface area (Å²) in [7, 11) is 1.82. The number of hydrogen-bond acceptors (Lipinski definition) is 13. The van der Waals surface area contributed by atoms with Crippen LogP contribution in [0, 0.1) is 0 Å². The van der Waals surface area contributed by atoms with Crippen LogP contribution < -0.4 is 10.9 Å². The number of benzene rings is 6. The predicted octanol–water partition coefficient (Wildman–Crippen LogP) is 7.69. The third-order valence-electron chi connectivity index (χ3n) is 11.0. The van der Waals surface area contributed by atoms with E-state index < -0.39 is 0 Å². The lowest BCUT2D eigenvalue weighted by atomic mass is 10.1. The van der Waals surface area contributed by atoms with E-state index in [1.54, 1.807) is 15.3 Å². The maximum absolute atomic E-state index is 9.39. The Labute approximate surface area is 388 Å². The molecule has 6 aromatic carbocycles. The normalized spacial score (nSPS) is 13.6. The molecule has 0 saturated heterocycles. The molecule has 0 radical (unpaired) electrons. The number of hydrogen-bond donors (Lipinski definition) is 5. The Balaban J connectivity index is 0.000000118. The van der Waals surface area contributed by atoms with Gasteiger partial charge in [0.2, 0.25) is 0 Å². The summed E-state index contributed by atoms with van der Waals surface area (Å²) >= 11 is 1.44. The highest BCUT2D eigenvalue weighted by Gasteiger charge is 2.24. The quantitative estimate of drug-likeness (QED) is 0.0895. The van der Waals surface area contributed by atoms with Crippen LogP contribution in [0.25, 0.3) is 71.8 Å². The number of hydroxylamine groups is 1. The summed E-state index contributed by atoms with van der Waals surface area (Å²) in [4.78, 5) is 6.50. The van der Waals surface area contributed by atoms with Gasteiger partial charge < -0.3 is 25.6 Å². The average Bonchev–Trinajstić information content (AvgIpc) is 4.27. The van der Waals surface area contributed by atoms with Crippen LogP contribution in [0.3, 0.4) is 0 Å². The maximum Gasteiger partial charge on any atom is 0.195 e. The monoisotopic (exact) mass is 908 g/mol. The fraction of sp³-hybridized carbons (Fsp3) is 0.0800. The van der Waals surface area contributed by atoms with Crippen molar-refractivity contribution in [1.82, 2.24) is 59.6 Å². The van der Waals surface area contributed by atoms with Crippen molar-refractivity contribution in [2.45, 2.75) is 6.61 Å². The number of fused-ring (bicyclic) bond motifs is 3. The molecule has 4 aromatic heterocycles. The average molecular weight is 909 g/mol. The highest BCUT2D eigenvalue weighted by atomic mass is 32.2. The molecule has 0 saturated carbocycles. The molecule has 2 aliphatic heterocycles. The molecule has 10 aromatic rings. The number of aliphatic hydroxyl groups is 3. The molecule has 0 aliphatic carbocycles. The molecule has 0 amide bonds. The zero-order valence-corrected chi connectivity index (χ0v) is 36.9. The van der Waals surface area contributed by atoms with Gasteiger partial charge in [0.15, 0.2) is 12.5 Å². The smallest absolute Gasteiger partial charge is 0.195 e. The molecule has 0 atom stereocenters. The molecule has 16 nitrogen and oxygen atoms in total. The summed E-state index contributed by atoms with van der Waals surface area (Å²) in [6.07, 6.45) is 3.55. The summed E-state index contributed by atoms with van der Waals surface area (Å²) in [6, 6.07) is 56.2. The molecular formula is C50H44N12O4S. The van der Waals surface area contributed by atoms with Gasteiger partial charge >= 0.3 is 0 Å². The van der Waals surface area contributed by atoms with Gasteiger partial charge in [0, 0.05) is 29.4 Å². The standard InChI is InChI=1S/C18H16N4O.C16H14N4O2.C16H14N4OS/c1-21-14(12-23)11-16(19-21)18-15-9-5-6-10-17(15)22(20-18)13-7-3-2-4-8-13;2*21-11-19-17-10-15(22-19)16-13-8-4-5-9-14(13)20(18-16)12-6-2-1-3-7-12/h2-11,23H,12H2,1H3;2*1-10,17,21H,11H2. The van der Waals surface area contributed by atoms with Crippen molar-refractivity contribution in [2.24, 2.45) is 7.05 Å². The maximum atomic E-state index is 9.39. The number of rotatable bonds is 9. The first-order valence-corrected chi connectivity index (χ1v) is 22.1. The van der Waals surface area contributed by atoms with Crippen molar-refractivity contribution < 1.29 is 20.2 Å². The molecule has 0 fully saturated rings. The molecule has 2 aliphatic rings. The molecule has 0 bridgehead atoms. The van der Waals surface area contributed by atoms with Crippen molar-refractivity contribution >= 4 is 55.3 Å². The molecule has 334 valence electrons. The van der Waals surface area contributed by atoms with Crippen molar-refractivity contribution in [2.75, 3.05) is 13.5 Å². The van der Waals surface area contributed by atoms with Crippen LogP contribution in [0.5, 0.6) is 0 Å². The first-order chi connectivity index (χ1) is 33.0. The number of aryl methyl sites for hydroxylation is 1. The summed E-state index contributed by atoms with van der Waals surface area (Å²) < 4.78 is 9.10. The topological polar surface area (TPSA) is 172 Å². The fourth-order valence-corrected chi connectivity index (χ4v) is 8.53. The molecule has 12 rings (SSSR count). The number of nitrogens with zero attached hydrogens (tertiary/aromatic N) is 10. The predicted molar refractivity (Wildman–Crippen MR) is 260 cm³/mol. The summed E-state index contributed by atoms with van der Waals surface area (Å²) in [5.74, 6) is 0.569. The Kier molecular flexibility index (Phi) is 12.3. The van der Waals surface area contributed by atoms with Gasteiger partial charge in [0.25, 0.3) is 0 Å². The van der Waals surface area contributed by atoms with Gasteiger partial charge in [-0.1, -0.05) is 109 Å². The molecular weight excluding hydrogens is 865 g/mol. The Morgan fingerprint density at radius 3 is 1.43 bits per heavy atom. The van der Waals surface area contributed by atoms with Crippen LogP contribution in [0.2, 0.25) is 0 Å². The highest BCUT2D eigenvalue weighted by molar-refractivity contribution is 8.06. The van der Waals surface area contributed by atoms with E-state index in [9.17, 15) is 10.2 Å². The van der Waals surface area contributed by atoms with E-state index in [0.29, 0.717) is 5.76 Å². The molecule has 0 unspecified atom stereocenters. The van der Waals surface area contributed by atoms with E-state index in [-0.39, 0.29) is 20.1 Å². The van der Waals surface area contributed by atoms with E-state index in [1.807, 2.05) is 179 Å². The van der Waals surface area contributed by atoms with Crippen molar-refractivity contribution in [3.63, 3.8) is 0 Å². The largest absolute Gasteiger partial charge is 0.390 e. The Hall–Kier alpha value is -8.03. The summed E-state index contributed by atoms with van der Waals surface area (Å²) in [6.45, 7) is -0.361. The number of nitrogens with one attached hydrogen (secondary N) is 2. The minimum absolute atomic E-state index is 0.0408. The van der Waals surface area contributed by atoms with Crippen LogP contribution in [0.4, 0.5) is 0 Å². The number of aliphatic hydroxyl groups excluding tert-OH is 3. The number of aromatic nitrogens is 8. The van der Waals surface area contributed by atoms with Gasteiger partial charge in [-0.2, -0.15) is 20.4 Å². The molecule has 0 spiro atoms. The van der Waals surface area contributed by atoms with E-state index >= 15 is 0 Å². The highest BCUT2D eigenvalue weighted by Crippen LogP contribution is 2.37. The number of hydrazine groups is 2. The van der Waals surface area contributed by atoms with Crippen molar-refractivity contribution in [1.29, 1.82) is 0 Å². The Morgan fingerprint density at radius 2 is 0.970 bits per heavy atom. The van der Waals surface area contributed by atoms with Crippen LogP contribution in [-0.4, -0.2) is 77.5 Å². The second kappa shape index (κ2) is 19.2. The zero-order valence-electron chi connectivity index (χ0n) is 36.1. The third-order valence-corrected chi connectivity index (χ3v) is 11.9. The van der Waals surface area contributed by atoms with Gasteiger partial charge in [0.1, 0.15) is 29.5 Å². The minimum atomic E-state index is -0.253. The molecule has 6 heterocycles. The lowest BCUT2D eigenvalue weighted by Crippen LogP contribution is -2.29. The van der Waals surface area contributed by atoms with E-state index in [2.05, 4.69) is 39.2 Å². The third kappa shape index (κ3) is 8.64. The van der Waals surface area contributed by atoms with Crippen LogP contribution in [0.15, 0.2) is 182 Å². The first-order valence-electron chi connectivity index (χ1n) is 21.3. The van der Waals surface area contributed by atoms with Crippen molar-refractivity contribution in [3.8, 4) is 28.5 Å². The molecule has 67 heavy (non-hydrogen) atoms. The SMILES string of the molecule is Cn1nc(-c2nn(-c3ccccc3)c3ccccc23)cc1CO.OCN1NC=C(c2nn(-c3ccccc3)c3ccccc23)O1.OCN1NC=C(c2nn(-c3ccccc3)c3ccccc23)S1. The Morgan fingerprint density at radius 1 is 0.507 bits per heavy atom. The van der Waals surface area contributed by atoms with Gasteiger partial charge in [-0.3, -0.25) is 10.1 Å². The van der Waals surface area contributed by atoms with Crippen LogP contribution >= 0.6 is 11.9 Å². The lowest BCUT2D eigenvalue weighted by Gasteiger charge is -2.11. The van der Waals surface area contributed by atoms with Crippen LogP contribution in [0.1, 0.15) is 17.1 Å². The lowest BCUT2D eigenvalue weighted by molar-refractivity contribution is -0.150. The number of para-hydroxylation sites is 6. The fourth-order valence-electron chi connectivity index (χ4n) is 7.79. The van der Waals surface area contributed by atoms with Gasteiger partial charge in [-0.05, 0) is 77.8 Å². The summed E-state index contributed by atoms with van der Waals surface area (Å²) in [5, 5.41) is 50.8. The van der Waals surface area contributed by atoms with Gasteiger partial charge in [-0.25, -0.2) is 14.0 Å². The van der Waals surface area contributed by atoms with Gasteiger partial charge in [0.05, 0.1) is 57.0 Å². The van der Waals surface area contributed by atoms with E-state index in [0.717, 1.165) is 83.1 Å². The van der Waals surface area contributed by atoms with Crippen LogP contribution in [-0.2, 0) is 18.5 Å².